The average molecular weight is 499 g/mol. The molecule has 1 N–H and O–H groups in total. The van der Waals surface area contributed by atoms with E-state index in [1.54, 1.807) is 10.6 Å². The Labute approximate surface area is 203 Å². The lowest BCUT2D eigenvalue weighted by Crippen LogP contribution is -2.18. The molecule has 0 radical (unpaired) electrons. The molecular formula is C25H21F3N4O2S. The van der Waals surface area contributed by atoms with Crippen LogP contribution in [0.4, 0.5) is 18.9 Å². The molecule has 0 unspecified atom stereocenters. The molecule has 4 aromatic rings. The Bertz CT molecular complexity index is 1350. The maximum Gasteiger partial charge on any atom is 0.418 e. The predicted octanol–water partition coefficient (Wildman–Crippen LogP) is 5.95. The normalized spacial score (nSPS) is 11.4. The van der Waals surface area contributed by atoms with E-state index in [-0.39, 0.29) is 18.0 Å². The summed E-state index contributed by atoms with van der Waals surface area (Å²) in [7, 11) is 0. The van der Waals surface area contributed by atoms with Crippen LogP contribution in [-0.4, -0.2) is 26.4 Å². The van der Waals surface area contributed by atoms with Gasteiger partial charge >= 0.3 is 6.18 Å². The van der Waals surface area contributed by atoms with E-state index in [1.165, 1.54) is 18.2 Å². The lowest BCUT2D eigenvalue weighted by Gasteiger charge is -2.13. The summed E-state index contributed by atoms with van der Waals surface area (Å²) in [6, 6.07) is 18.5. The van der Waals surface area contributed by atoms with Gasteiger partial charge in [-0.25, -0.2) is 0 Å². The smallest absolute Gasteiger partial charge is 0.418 e. The van der Waals surface area contributed by atoms with Gasteiger partial charge in [-0.2, -0.15) is 13.2 Å². The van der Waals surface area contributed by atoms with Crippen molar-refractivity contribution in [2.24, 2.45) is 0 Å². The summed E-state index contributed by atoms with van der Waals surface area (Å²) in [5.41, 5.74) is -1.19. The van der Waals surface area contributed by atoms with Gasteiger partial charge in [-0.05, 0) is 23.6 Å². The highest BCUT2D eigenvalue weighted by Crippen LogP contribution is 2.34. The zero-order chi connectivity index (χ0) is 24.8. The molecule has 6 nitrogen and oxygen atoms in total. The fourth-order valence-electron chi connectivity index (χ4n) is 3.46. The second-order valence-electron chi connectivity index (χ2n) is 7.44. The lowest BCUT2D eigenvalue weighted by atomic mass is 10.1. The molecule has 0 aliphatic rings. The van der Waals surface area contributed by atoms with Gasteiger partial charge < -0.3 is 10.1 Å². The number of para-hydroxylation sites is 1. The van der Waals surface area contributed by atoms with Gasteiger partial charge in [0.2, 0.25) is 5.91 Å². The Hall–Kier alpha value is -3.79. The number of aromatic nitrogens is 3. The highest BCUT2D eigenvalue weighted by Gasteiger charge is 2.33. The second kappa shape index (κ2) is 10.6. The number of fused-ring (bicyclic) bond motifs is 1. The fourth-order valence-corrected chi connectivity index (χ4v) is 4.23. The summed E-state index contributed by atoms with van der Waals surface area (Å²) in [5.74, 6) is 0.496. The van der Waals surface area contributed by atoms with Gasteiger partial charge in [-0.1, -0.05) is 66.4 Å². The Kier molecular flexibility index (Phi) is 7.40. The van der Waals surface area contributed by atoms with Gasteiger partial charge in [0.15, 0.2) is 11.0 Å². The van der Waals surface area contributed by atoms with E-state index in [9.17, 15) is 18.0 Å². The van der Waals surface area contributed by atoms with Crippen molar-refractivity contribution in [1.29, 1.82) is 0 Å². The number of amides is 1. The van der Waals surface area contributed by atoms with E-state index in [1.807, 2.05) is 42.5 Å². The number of anilines is 1. The first-order chi connectivity index (χ1) is 16.9. The van der Waals surface area contributed by atoms with Crippen LogP contribution in [0.2, 0.25) is 0 Å². The van der Waals surface area contributed by atoms with Crippen LogP contribution in [0.3, 0.4) is 0 Å². The number of allylic oxidation sites excluding steroid dienone is 1. The van der Waals surface area contributed by atoms with Crippen LogP contribution < -0.4 is 10.1 Å². The number of alkyl halides is 3. The first kappa shape index (κ1) is 24.3. The Morgan fingerprint density at radius 1 is 1.06 bits per heavy atom. The van der Waals surface area contributed by atoms with Crippen LogP contribution in [-0.2, 0) is 24.1 Å². The van der Waals surface area contributed by atoms with E-state index in [2.05, 4.69) is 22.1 Å². The number of thioether (sulfide) groups is 1. The van der Waals surface area contributed by atoms with Crippen molar-refractivity contribution >= 4 is 34.1 Å². The third kappa shape index (κ3) is 5.83. The summed E-state index contributed by atoms with van der Waals surface area (Å²) in [6.07, 6.45) is -2.91. The van der Waals surface area contributed by atoms with Gasteiger partial charge in [-0.3, -0.25) is 9.36 Å². The number of halogens is 3. The van der Waals surface area contributed by atoms with Crippen LogP contribution in [0.25, 0.3) is 10.8 Å². The molecule has 0 saturated heterocycles. The number of ether oxygens (including phenoxy) is 1. The van der Waals surface area contributed by atoms with Crippen molar-refractivity contribution in [3.63, 3.8) is 0 Å². The third-order valence-corrected chi connectivity index (χ3v) is 6.02. The molecule has 0 aliphatic carbocycles. The van der Waals surface area contributed by atoms with Gasteiger partial charge in [-0.15, -0.1) is 16.8 Å². The molecule has 0 spiro atoms. The van der Waals surface area contributed by atoms with E-state index in [4.69, 9.17) is 4.74 Å². The third-order valence-electron chi connectivity index (χ3n) is 5.05. The number of nitrogens with zero attached hydrogens (tertiary/aromatic N) is 3. The molecule has 1 amide bonds. The quantitative estimate of drug-likeness (QED) is 0.228. The molecular weight excluding hydrogens is 477 g/mol. The molecule has 0 fully saturated rings. The molecule has 0 aliphatic heterocycles. The van der Waals surface area contributed by atoms with Crippen LogP contribution in [0.1, 0.15) is 11.4 Å². The maximum atomic E-state index is 13.2. The molecule has 3 aromatic carbocycles. The zero-order valence-corrected chi connectivity index (χ0v) is 19.3. The van der Waals surface area contributed by atoms with Gasteiger partial charge in [0.25, 0.3) is 0 Å². The predicted molar refractivity (Wildman–Crippen MR) is 129 cm³/mol. The van der Waals surface area contributed by atoms with Crippen LogP contribution in [0, 0.1) is 0 Å². The topological polar surface area (TPSA) is 69.0 Å². The van der Waals surface area contributed by atoms with Crippen LogP contribution in [0.5, 0.6) is 5.75 Å². The molecule has 0 atom stereocenters. The van der Waals surface area contributed by atoms with Crippen molar-refractivity contribution in [3.05, 3.63) is 90.8 Å². The largest absolute Gasteiger partial charge is 0.485 e. The van der Waals surface area contributed by atoms with Crippen molar-refractivity contribution in [2.45, 2.75) is 24.5 Å². The average Bonchev–Trinajstić information content (AvgIpc) is 3.22. The number of carbonyl (C=O) groups excluding carboxylic acids is 1. The molecule has 1 aromatic heterocycles. The first-order valence-electron chi connectivity index (χ1n) is 10.6. The molecule has 4 rings (SSSR count). The summed E-state index contributed by atoms with van der Waals surface area (Å²) < 4.78 is 47.3. The number of hydrogen-bond acceptors (Lipinski definition) is 5. The van der Waals surface area contributed by atoms with E-state index >= 15 is 0 Å². The molecule has 10 heteroatoms. The van der Waals surface area contributed by atoms with Crippen molar-refractivity contribution in [3.8, 4) is 5.75 Å². The maximum absolute atomic E-state index is 13.2. The Morgan fingerprint density at radius 3 is 2.60 bits per heavy atom. The van der Waals surface area contributed by atoms with Crippen LogP contribution in [0.15, 0.2) is 84.5 Å². The summed E-state index contributed by atoms with van der Waals surface area (Å²) in [5, 5.41) is 13.1. The first-order valence-corrected chi connectivity index (χ1v) is 11.6. The van der Waals surface area contributed by atoms with E-state index in [0.29, 0.717) is 23.3 Å². The zero-order valence-electron chi connectivity index (χ0n) is 18.5. The number of nitrogens with one attached hydrogen (secondary N) is 1. The minimum absolute atomic E-state index is 0.139. The van der Waals surface area contributed by atoms with Crippen molar-refractivity contribution < 1.29 is 22.7 Å². The molecule has 1 heterocycles. The fraction of sp³-hybridized carbons (Fsp3) is 0.160. The SMILES string of the molecule is C=CCn1c(COc2cccc3ccccc23)nnc1SCC(=O)Nc1ccccc1C(F)(F)F. The van der Waals surface area contributed by atoms with E-state index in [0.717, 1.165) is 28.6 Å². The number of carbonyl (C=O) groups is 1. The molecule has 0 saturated carbocycles. The molecule has 180 valence electrons. The minimum Gasteiger partial charge on any atom is -0.485 e. The number of rotatable bonds is 9. The minimum atomic E-state index is -4.57. The van der Waals surface area contributed by atoms with Crippen molar-refractivity contribution in [2.75, 3.05) is 11.1 Å². The highest BCUT2D eigenvalue weighted by molar-refractivity contribution is 7.99. The Morgan fingerprint density at radius 2 is 1.80 bits per heavy atom. The van der Waals surface area contributed by atoms with E-state index < -0.39 is 17.6 Å². The molecule has 0 bridgehead atoms. The highest BCUT2D eigenvalue weighted by atomic mass is 32.2. The lowest BCUT2D eigenvalue weighted by molar-refractivity contribution is -0.137. The summed E-state index contributed by atoms with van der Waals surface area (Å²) in [4.78, 5) is 12.4. The second-order valence-corrected chi connectivity index (χ2v) is 8.39. The van der Waals surface area contributed by atoms with Gasteiger partial charge in [0.1, 0.15) is 12.4 Å². The number of hydrogen-bond donors (Lipinski definition) is 1. The standard InChI is InChI=1S/C25H21F3N4O2S/c1-2-14-32-22(15-34-21-13-7-9-17-8-3-4-10-18(17)21)30-31-24(32)35-16-23(33)29-20-12-6-5-11-19(20)25(26,27)28/h2-13H,1,14-16H2,(H,29,33). The van der Waals surface area contributed by atoms with Crippen LogP contribution >= 0.6 is 11.8 Å². The summed E-state index contributed by atoms with van der Waals surface area (Å²) in [6.45, 7) is 4.26. The Balaban J connectivity index is 1.43. The molecule has 35 heavy (non-hydrogen) atoms. The van der Waals surface area contributed by atoms with Gasteiger partial charge in [0.05, 0.1) is 17.0 Å². The summed E-state index contributed by atoms with van der Waals surface area (Å²) >= 11 is 1.07. The number of benzene rings is 3. The van der Waals surface area contributed by atoms with Gasteiger partial charge in [0, 0.05) is 11.9 Å². The monoisotopic (exact) mass is 498 g/mol. The van der Waals surface area contributed by atoms with Crippen molar-refractivity contribution in [1.82, 2.24) is 14.8 Å².